The predicted octanol–water partition coefficient (Wildman–Crippen LogP) is 1.90. The summed E-state index contributed by atoms with van der Waals surface area (Å²) in [6, 6.07) is 6.76. The van der Waals surface area contributed by atoms with Gasteiger partial charge in [0.2, 0.25) is 5.12 Å². The van der Waals surface area contributed by atoms with Crippen LogP contribution in [0.25, 0.3) is 0 Å². The molecule has 0 fully saturated rings. The molecule has 1 heterocycles. The van der Waals surface area contributed by atoms with E-state index >= 15 is 0 Å². The number of aryl methyl sites for hydroxylation is 1. The van der Waals surface area contributed by atoms with Gasteiger partial charge in [0.25, 0.3) is 0 Å². The first-order valence-corrected chi connectivity index (χ1v) is 9.15. The third-order valence-corrected chi connectivity index (χ3v) is 4.72. The molecule has 0 atom stereocenters. The Balaban J connectivity index is 0.00000338. The first kappa shape index (κ1) is 21.9. The zero-order valence-corrected chi connectivity index (χ0v) is 15.5. The maximum absolute atomic E-state index is 11.4. The van der Waals surface area contributed by atoms with E-state index in [2.05, 4.69) is 16.5 Å². The number of carbonyl (C=O) groups is 2. The number of thioether (sulfide) groups is 1. The monoisotopic (exact) mass is 380 g/mol. The number of unbranched alkanes of at least 4 members (excludes halogenated alkanes) is 1. The number of carboxylic acid groups (broad SMARTS) is 1. The van der Waals surface area contributed by atoms with Crippen LogP contribution in [0.15, 0.2) is 30.5 Å². The molecular weight excluding hydrogens is 356 g/mol. The van der Waals surface area contributed by atoms with Crippen molar-refractivity contribution in [2.24, 2.45) is 0 Å². The van der Waals surface area contributed by atoms with Gasteiger partial charge in [-0.25, -0.2) is 9.78 Å². The van der Waals surface area contributed by atoms with Gasteiger partial charge in [-0.2, -0.15) is 0 Å². The van der Waals surface area contributed by atoms with E-state index in [1.165, 1.54) is 0 Å². The third kappa shape index (κ3) is 5.98. The Morgan fingerprint density at radius 2 is 1.92 bits per heavy atom. The van der Waals surface area contributed by atoms with Gasteiger partial charge in [0.15, 0.2) is 0 Å². The van der Waals surface area contributed by atoms with Crippen LogP contribution in [0.5, 0.6) is 0 Å². The van der Waals surface area contributed by atoms with E-state index in [9.17, 15) is 9.59 Å². The second-order valence-corrected chi connectivity index (χ2v) is 6.71. The van der Waals surface area contributed by atoms with E-state index in [1.807, 2.05) is 0 Å². The highest BCUT2D eigenvalue weighted by atomic mass is 32.2. The number of hydrogen-bond acceptors (Lipinski definition) is 5. The minimum Gasteiger partial charge on any atom is -0.478 e. The summed E-state index contributed by atoms with van der Waals surface area (Å²) in [7, 11) is 0. The molecule has 0 saturated heterocycles. The van der Waals surface area contributed by atoms with Crippen LogP contribution >= 0.6 is 11.8 Å². The number of carbonyl (C=O) groups excluding carboxylic acids is 1. The van der Waals surface area contributed by atoms with Crippen LogP contribution in [0.3, 0.4) is 0 Å². The van der Waals surface area contributed by atoms with Gasteiger partial charge in [-0.15, -0.1) is 0 Å². The van der Waals surface area contributed by atoms with Gasteiger partial charge in [-0.3, -0.25) is 4.79 Å². The molecule has 0 unspecified atom stereocenters. The molecule has 0 saturated carbocycles. The van der Waals surface area contributed by atoms with Crippen molar-refractivity contribution in [3.63, 3.8) is 0 Å². The molecule has 0 aliphatic rings. The molecule has 0 amide bonds. The second kappa shape index (κ2) is 10.7. The lowest BCUT2D eigenvalue weighted by atomic mass is 10.1. The first-order valence-electron chi connectivity index (χ1n) is 8.17. The fourth-order valence-corrected chi connectivity index (χ4v) is 3.06. The van der Waals surface area contributed by atoms with E-state index in [4.69, 9.17) is 10.2 Å². The average Bonchev–Trinajstić information content (AvgIpc) is 2.99. The maximum Gasteiger partial charge on any atom is 0.335 e. The number of benzene rings is 1. The van der Waals surface area contributed by atoms with E-state index < -0.39 is 12.6 Å². The summed E-state index contributed by atoms with van der Waals surface area (Å²) < 4.78 is 2.07. The molecule has 0 bridgehead atoms. The van der Waals surface area contributed by atoms with Crippen LogP contribution in [-0.2, 0) is 23.5 Å². The fraction of sp³-hybridized carbons (Fsp3) is 0.389. The summed E-state index contributed by atoms with van der Waals surface area (Å²) in [6.45, 7) is 2.22. The van der Waals surface area contributed by atoms with Crippen molar-refractivity contribution >= 4 is 22.8 Å². The van der Waals surface area contributed by atoms with Crippen molar-refractivity contribution in [3.05, 3.63) is 53.1 Å². The van der Waals surface area contributed by atoms with Crippen LogP contribution in [0.1, 0.15) is 47.2 Å². The normalized spacial score (nSPS) is 10.4. The van der Waals surface area contributed by atoms with Gasteiger partial charge >= 0.3 is 5.97 Å². The third-order valence-electron chi connectivity index (χ3n) is 3.83. The molecular formula is C18H24N2O5S. The van der Waals surface area contributed by atoms with Crippen molar-refractivity contribution in [3.8, 4) is 0 Å². The van der Waals surface area contributed by atoms with E-state index in [1.54, 1.807) is 30.5 Å². The summed E-state index contributed by atoms with van der Waals surface area (Å²) in [5.74, 6) is 0.458. The predicted molar refractivity (Wildman–Crippen MR) is 100 cm³/mol. The number of aromatic carboxylic acids is 1. The highest BCUT2D eigenvalue weighted by Crippen LogP contribution is 2.18. The molecule has 1 aromatic heterocycles. The molecule has 2 rings (SSSR count). The van der Waals surface area contributed by atoms with Crippen molar-refractivity contribution < 1.29 is 25.3 Å². The molecule has 26 heavy (non-hydrogen) atoms. The van der Waals surface area contributed by atoms with Crippen LogP contribution in [-0.4, -0.2) is 42.9 Å². The summed E-state index contributed by atoms with van der Waals surface area (Å²) in [5.41, 5.74) is 2.14. The number of aromatic nitrogens is 2. The van der Waals surface area contributed by atoms with E-state index in [0.717, 1.165) is 48.1 Å². The van der Waals surface area contributed by atoms with Crippen LogP contribution in [0.4, 0.5) is 0 Å². The first-order chi connectivity index (χ1) is 12.0. The van der Waals surface area contributed by atoms with Gasteiger partial charge in [0.1, 0.15) is 12.4 Å². The lowest BCUT2D eigenvalue weighted by Crippen LogP contribution is -2.10. The summed E-state index contributed by atoms with van der Waals surface area (Å²) in [6.07, 6.45) is 4.71. The average molecular weight is 380 g/mol. The van der Waals surface area contributed by atoms with Gasteiger partial charge < -0.3 is 20.3 Å². The molecule has 0 aliphatic heterocycles. The quantitative estimate of drug-likeness (QED) is 0.685. The molecule has 7 nitrogen and oxygen atoms in total. The number of aliphatic hydroxyl groups is 1. The number of carboxylic acids is 1. The highest BCUT2D eigenvalue weighted by Gasteiger charge is 2.12. The van der Waals surface area contributed by atoms with Gasteiger partial charge in [-0.05, 0) is 24.1 Å². The fourth-order valence-electron chi connectivity index (χ4n) is 2.43. The Kier molecular flexibility index (Phi) is 9.04. The zero-order chi connectivity index (χ0) is 18.2. The van der Waals surface area contributed by atoms with Gasteiger partial charge in [0.05, 0.1) is 5.56 Å². The largest absolute Gasteiger partial charge is 0.478 e. The number of aliphatic hydroxyl groups excluding tert-OH is 1. The Morgan fingerprint density at radius 1 is 1.23 bits per heavy atom. The molecule has 0 radical (unpaired) electrons. The second-order valence-electron chi connectivity index (χ2n) is 5.68. The zero-order valence-electron chi connectivity index (χ0n) is 14.6. The van der Waals surface area contributed by atoms with Crippen molar-refractivity contribution in [2.45, 2.75) is 38.5 Å². The molecule has 4 N–H and O–H groups in total. The summed E-state index contributed by atoms with van der Waals surface area (Å²) >= 11 is 1.07. The van der Waals surface area contributed by atoms with E-state index in [0.29, 0.717) is 12.3 Å². The smallest absolute Gasteiger partial charge is 0.335 e. The minimum absolute atomic E-state index is 0. The lowest BCUT2D eigenvalue weighted by molar-refractivity contribution is -0.113. The minimum atomic E-state index is -0.947. The summed E-state index contributed by atoms with van der Waals surface area (Å²) in [4.78, 5) is 26.8. The van der Waals surface area contributed by atoms with Crippen LogP contribution in [0, 0.1) is 0 Å². The van der Waals surface area contributed by atoms with Crippen molar-refractivity contribution in [1.29, 1.82) is 0 Å². The number of rotatable bonds is 9. The molecule has 0 spiro atoms. The topological polar surface area (TPSA) is 124 Å². The Labute approximate surface area is 156 Å². The number of imidazole rings is 1. The Bertz CT molecular complexity index is 728. The summed E-state index contributed by atoms with van der Waals surface area (Å²) in [5, 5.41) is 17.6. The standard InChI is InChI=1S/C18H22N2O4S.H2O/c1-2-3-4-16-19-9-15(12-25-17(22)11-21)20(16)10-13-5-7-14(8-6-13)18(23)24;/h5-9,21H,2-4,10-12H2,1H3,(H,23,24);1H2. The van der Waals surface area contributed by atoms with E-state index in [-0.39, 0.29) is 16.2 Å². The molecule has 8 heteroatoms. The molecule has 1 aromatic carbocycles. The van der Waals surface area contributed by atoms with Gasteiger partial charge in [-0.1, -0.05) is 37.2 Å². The van der Waals surface area contributed by atoms with Crippen LogP contribution < -0.4 is 0 Å². The maximum atomic E-state index is 11.4. The molecule has 2 aromatic rings. The Hall–Kier alpha value is -2.16. The molecule has 0 aliphatic carbocycles. The highest BCUT2D eigenvalue weighted by molar-refractivity contribution is 8.13. The number of nitrogens with zero attached hydrogens (tertiary/aromatic N) is 2. The van der Waals surface area contributed by atoms with Crippen molar-refractivity contribution in [2.75, 3.05) is 6.61 Å². The lowest BCUT2D eigenvalue weighted by Gasteiger charge is -2.12. The SMILES string of the molecule is CCCCc1ncc(CSC(=O)CO)n1Cc1ccc(C(=O)O)cc1.O. The Morgan fingerprint density at radius 3 is 2.50 bits per heavy atom. The van der Waals surface area contributed by atoms with Gasteiger partial charge in [0, 0.05) is 30.6 Å². The van der Waals surface area contributed by atoms with Crippen LogP contribution in [0.2, 0.25) is 0 Å². The number of hydrogen-bond donors (Lipinski definition) is 2. The molecule has 142 valence electrons. The van der Waals surface area contributed by atoms with Crippen molar-refractivity contribution in [1.82, 2.24) is 9.55 Å².